The zero-order valence-electron chi connectivity index (χ0n) is 38.2. The normalized spacial score (nSPS) is 12.0. The molecule has 15 aromatic rings. The Kier molecular flexibility index (Phi) is 8.46. The Labute approximate surface area is 404 Å². The van der Waals surface area contributed by atoms with E-state index < -0.39 is 0 Å². The maximum atomic E-state index is 2.43. The maximum Gasteiger partial charge on any atom is -0.00261 e. The van der Waals surface area contributed by atoms with Crippen LogP contribution in [-0.4, -0.2) is 0 Å². The lowest BCUT2D eigenvalue weighted by atomic mass is 9.83. The van der Waals surface area contributed by atoms with Crippen molar-refractivity contribution in [1.82, 2.24) is 0 Å². The van der Waals surface area contributed by atoms with Gasteiger partial charge >= 0.3 is 0 Å². The van der Waals surface area contributed by atoms with Crippen LogP contribution in [0.3, 0.4) is 0 Å². The molecule has 15 rings (SSSR count). The van der Waals surface area contributed by atoms with Gasteiger partial charge < -0.3 is 0 Å². The van der Waals surface area contributed by atoms with E-state index >= 15 is 0 Å². The summed E-state index contributed by atoms with van der Waals surface area (Å²) in [5.41, 5.74) is 9.96. The Bertz CT molecular complexity index is 4270. The molecule has 0 heterocycles. The Morgan fingerprint density at radius 2 is 0.357 bits per heavy atom. The number of hydrogen-bond acceptors (Lipinski definition) is 0. The highest BCUT2D eigenvalue weighted by Gasteiger charge is 2.20. The quantitative estimate of drug-likeness (QED) is 0.122. The van der Waals surface area contributed by atoms with Gasteiger partial charge in [-0.3, -0.25) is 0 Å². The first-order valence-electron chi connectivity index (χ1n) is 24.4. The third-order valence-electron chi connectivity index (χ3n) is 15.3. The number of rotatable bonds is 4. The van der Waals surface area contributed by atoms with E-state index in [1.807, 2.05) is 0 Å². The molecule has 0 aliphatic carbocycles. The lowest BCUT2D eigenvalue weighted by Gasteiger charge is -2.20. The van der Waals surface area contributed by atoms with Crippen molar-refractivity contribution in [3.63, 3.8) is 0 Å². The van der Waals surface area contributed by atoms with Crippen molar-refractivity contribution in [3.8, 4) is 44.5 Å². The van der Waals surface area contributed by atoms with Crippen LogP contribution >= 0.6 is 0 Å². The molecule has 0 N–H and O–H groups in total. The average Bonchev–Trinajstić information content (AvgIpc) is 3.42. The van der Waals surface area contributed by atoms with Crippen LogP contribution in [0.1, 0.15) is 0 Å². The van der Waals surface area contributed by atoms with Gasteiger partial charge in [-0.05, 0) is 189 Å². The average molecular weight is 883 g/mol. The molecule has 0 atom stereocenters. The van der Waals surface area contributed by atoms with Gasteiger partial charge in [-0.15, -0.1) is 0 Å². The lowest BCUT2D eigenvalue weighted by molar-refractivity contribution is 1.64. The highest BCUT2D eigenvalue weighted by Crippen LogP contribution is 2.48. The molecule has 0 nitrogen and oxygen atoms in total. The molecule has 0 saturated carbocycles. The van der Waals surface area contributed by atoms with E-state index in [4.69, 9.17) is 0 Å². The standard InChI is InChI=1S/C70H42/c1-3-15-49-39-65-51(37-47(49)13-1)33-25-43-27-35-53(41-63(43)65)69-59-21-9-5-17-55(59)67(56-18-6-10-22-60(56)69)45-29-31-46(32-30-45)68-57-19-7-11-23-61(57)70(62-24-12-8-20-58(62)68)54-36-28-44-26-34-52-38-48-14-2-4-16-50(48)40-66(52)64(44)42-54/h1-42H. The number of benzene rings is 15. The molecule has 15 aromatic carbocycles. The largest absolute Gasteiger partial charge is 0.0616 e. The van der Waals surface area contributed by atoms with Gasteiger partial charge in [-0.2, -0.15) is 0 Å². The predicted molar refractivity (Wildman–Crippen MR) is 303 cm³/mol. The minimum atomic E-state index is 1.21. The molecule has 0 bridgehead atoms. The topological polar surface area (TPSA) is 0 Å². The maximum absolute atomic E-state index is 2.43. The lowest BCUT2D eigenvalue weighted by Crippen LogP contribution is -1.92. The van der Waals surface area contributed by atoms with Crippen molar-refractivity contribution in [2.45, 2.75) is 0 Å². The van der Waals surface area contributed by atoms with E-state index in [1.165, 1.54) is 152 Å². The smallest absolute Gasteiger partial charge is 0.00261 e. The van der Waals surface area contributed by atoms with Crippen LogP contribution in [0.4, 0.5) is 0 Å². The fraction of sp³-hybridized carbons (Fsp3) is 0. The first-order valence-corrected chi connectivity index (χ1v) is 24.4. The fourth-order valence-electron chi connectivity index (χ4n) is 12.1. The molecule has 322 valence electrons. The minimum absolute atomic E-state index is 1.21. The SMILES string of the molecule is c1ccc2cc3c(ccc4ccc(-c5c6ccccc6c(-c6ccc(-c7c8ccccc8c(-c8ccc9ccc%10cc%11ccccc%11cc%10c9c8)c8ccccc78)cc6)c6ccccc56)cc43)cc2c1. The minimum Gasteiger partial charge on any atom is -0.0616 e. The first-order chi connectivity index (χ1) is 34.7. The number of fused-ring (bicyclic) bond motifs is 12. The Balaban J connectivity index is 0.893. The molecule has 0 aromatic heterocycles. The van der Waals surface area contributed by atoms with E-state index in [-0.39, 0.29) is 0 Å². The molecule has 0 radical (unpaired) electrons. The van der Waals surface area contributed by atoms with Crippen LogP contribution in [-0.2, 0) is 0 Å². The molecule has 0 unspecified atom stereocenters. The molecule has 0 spiro atoms. The molecule has 0 heteroatoms. The van der Waals surface area contributed by atoms with Crippen molar-refractivity contribution >= 4 is 108 Å². The molecular weight excluding hydrogens is 841 g/mol. The highest BCUT2D eigenvalue weighted by atomic mass is 14.2. The molecule has 0 aliphatic rings. The summed E-state index contributed by atoms with van der Waals surface area (Å²) in [6.45, 7) is 0. The molecule has 0 aliphatic heterocycles. The van der Waals surface area contributed by atoms with Gasteiger partial charge in [0.2, 0.25) is 0 Å². The van der Waals surface area contributed by atoms with Crippen LogP contribution in [0.2, 0.25) is 0 Å². The van der Waals surface area contributed by atoms with Gasteiger partial charge in [-0.25, -0.2) is 0 Å². The summed E-state index contributed by atoms with van der Waals surface area (Å²) in [5, 5.41) is 25.3. The summed E-state index contributed by atoms with van der Waals surface area (Å²) < 4.78 is 0. The van der Waals surface area contributed by atoms with Crippen molar-refractivity contribution < 1.29 is 0 Å². The second-order valence-corrected chi connectivity index (χ2v) is 19.1. The molecule has 70 heavy (non-hydrogen) atoms. The fourth-order valence-corrected chi connectivity index (χ4v) is 12.1. The monoisotopic (exact) mass is 882 g/mol. The molecule has 0 saturated heterocycles. The second-order valence-electron chi connectivity index (χ2n) is 19.1. The van der Waals surface area contributed by atoms with Gasteiger partial charge in [0.15, 0.2) is 0 Å². The van der Waals surface area contributed by atoms with E-state index in [1.54, 1.807) is 0 Å². The van der Waals surface area contributed by atoms with E-state index in [9.17, 15) is 0 Å². The molecular formula is C70H42. The van der Waals surface area contributed by atoms with Gasteiger partial charge in [0.25, 0.3) is 0 Å². The summed E-state index contributed by atoms with van der Waals surface area (Å²) in [5.74, 6) is 0. The summed E-state index contributed by atoms with van der Waals surface area (Å²) in [6.07, 6.45) is 0. The zero-order valence-corrected chi connectivity index (χ0v) is 38.2. The third kappa shape index (κ3) is 5.90. The van der Waals surface area contributed by atoms with E-state index in [2.05, 4.69) is 255 Å². The van der Waals surface area contributed by atoms with Crippen molar-refractivity contribution in [1.29, 1.82) is 0 Å². The summed E-state index contributed by atoms with van der Waals surface area (Å²) in [6, 6.07) is 95.4. The highest BCUT2D eigenvalue weighted by molar-refractivity contribution is 6.25. The van der Waals surface area contributed by atoms with Crippen molar-refractivity contribution in [2.75, 3.05) is 0 Å². The third-order valence-corrected chi connectivity index (χ3v) is 15.3. The van der Waals surface area contributed by atoms with Crippen LogP contribution in [0.25, 0.3) is 152 Å². The second kappa shape index (κ2) is 15.2. The summed E-state index contributed by atoms with van der Waals surface area (Å²) >= 11 is 0. The van der Waals surface area contributed by atoms with E-state index in [0.717, 1.165) is 0 Å². The molecule has 0 fully saturated rings. The van der Waals surface area contributed by atoms with Crippen LogP contribution < -0.4 is 0 Å². The summed E-state index contributed by atoms with van der Waals surface area (Å²) in [4.78, 5) is 0. The first kappa shape index (κ1) is 38.9. The Morgan fingerprint density at radius 1 is 0.129 bits per heavy atom. The Morgan fingerprint density at radius 3 is 0.686 bits per heavy atom. The van der Waals surface area contributed by atoms with E-state index in [0.29, 0.717) is 0 Å². The van der Waals surface area contributed by atoms with Crippen molar-refractivity contribution in [2.24, 2.45) is 0 Å². The van der Waals surface area contributed by atoms with Gasteiger partial charge in [0.1, 0.15) is 0 Å². The van der Waals surface area contributed by atoms with Gasteiger partial charge in [0, 0.05) is 0 Å². The van der Waals surface area contributed by atoms with Gasteiger partial charge in [0.05, 0.1) is 0 Å². The summed E-state index contributed by atoms with van der Waals surface area (Å²) in [7, 11) is 0. The predicted octanol–water partition coefficient (Wildman–Crippen LogP) is 19.9. The van der Waals surface area contributed by atoms with Crippen molar-refractivity contribution in [3.05, 3.63) is 255 Å². The van der Waals surface area contributed by atoms with Crippen LogP contribution in [0.15, 0.2) is 255 Å². The molecule has 0 amide bonds. The number of hydrogen-bond donors (Lipinski definition) is 0. The Hall–Kier alpha value is -9.10. The van der Waals surface area contributed by atoms with Crippen LogP contribution in [0, 0.1) is 0 Å². The zero-order chi connectivity index (χ0) is 45.9. The van der Waals surface area contributed by atoms with Gasteiger partial charge in [-0.1, -0.05) is 218 Å². The van der Waals surface area contributed by atoms with Crippen LogP contribution in [0.5, 0.6) is 0 Å².